The quantitative estimate of drug-likeness (QED) is 0.150. The predicted octanol–water partition coefficient (Wildman–Crippen LogP) is 7.74. The lowest BCUT2D eigenvalue weighted by Crippen LogP contribution is -2.27. The molecule has 1 heterocycles. The van der Waals surface area contributed by atoms with Gasteiger partial charge < -0.3 is 4.74 Å². The Labute approximate surface area is 245 Å². The van der Waals surface area contributed by atoms with Crippen molar-refractivity contribution in [2.24, 2.45) is 0 Å². The van der Waals surface area contributed by atoms with Crippen LogP contribution in [0.5, 0.6) is 5.75 Å². The third-order valence-corrected chi connectivity index (χ3v) is 8.37. The molecule has 0 atom stereocenters. The fraction of sp³-hybridized carbons (Fsp3) is 0.0690. The van der Waals surface area contributed by atoms with Gasteiger partial charge in [0, 0.05) is 0 Å². The van der Waals surface area contributed by atoms with E-state index in [1.165, 1.54) is 15.7 Å². The van der Waals surface area contributed by atoms with Crippen LogP contribution in [0.25, 0.3) is 16.8 Å². The van der Waals surface area contributed by atoms with Gasteiger partial charge in [0.2, 0.25) is 0 Å². The summed E-state index contributed by atoms with van der Waals surface area (Å²) in [6.07, 6.45) is 1.73. The second-order valence-electron chi connectivity index (χ2n) is 8.32. The number of carbonyl (C=O) groups is 2. The summed E-state index contributed by atoms with van der Waals surface area (Å²) in [5.74, 6) is 0.428. The molecule has 1 saturated heterocycles. The van der Waals surface area contributed by atoms with Crippen molar-refractivity contribution in [1.29, 1.82) is 5.26 Å². The Kier molecular flexibility index (Phi) is 7.83. The van der Waals surface area contributed by atoms with Crippen LogP contribution >= 0.6 is 56.9 Å². The summed E-state index contributed by atoms with van der Waals surface area (Å²) in [7, 11) is 0. The van der Waals surface area contributed by atoms with Gasteiger partial charge in [0.15, 0.2) is 0 Å². The Balaban J connectivity index is 1.32. The minimum absolute atomic E-state index is 0.0718. The number of nitriles is 1. The Morgan fingerprint density at radius 3 is 2.38 bits per heavy atom. The summed E-state index contributed by atoms with van der Waals surface area (Å²) in [6, 6.07) is 27.5. The fourth-order valence-corrected chi connectivity index (χ4v) is 6.98. The third kappa shape index (κ3) is 5.68. The van der Waals surface area contributed by atoms with Crippen molar-refractivity contribution in [2.45, 2.75) is 13.2 Å². The topological polar surface area (TPSA) is 70.4 Å². The highest BCUT2D eigenvalue weighted by Crippen LogP contribution is 2.36. The highest BCUT2D eigenvalue weighted by Gasteiger charge is 2.35. The number of amides is 2. The van der Waals surface area contributed by atoms with E-state index < -0.39 is 0 Å². The molecule has 0 radical (unpaired) electrons. The van der Waals surface area contributed by atoms with Crippen LogP contribution in [0.4, 0.5) is 4.79 Å². The van der Waals surface area contributed by atoms with Gasteiger partial charge in [-0.2, -0.15) is 5.26 Å². The van der Waals surface area contributed by atoms with Crippen LogP contribution in [0.2, 0.25) is 0 Å². The number of fused-ring (bicyclic) bond motifs is 1. The van der Waals surface area contributed by atoms with Gasteiger partial charge in [-0.1, -0.05) is 54.6 Å². The molecule has 5 nitrogen and oxygen atoms in total. The summed E-state index contributed by atoms with van der Waals surface area (Å²) in [5, 5.41) is 11.3. The number of imide groups is 1. The van der Waals surface area contributed by atoms with Crippen LogP contribution in [0, 0.1) is 18.5 Å². The lowest BCUT2D eigenvalue weighted by atomic mass is 10.1. The first-order valence-corrected chi connectivity index (χ1v) is 14.2. The molecule has 1 aliphatic heterocycles. The third-order valence-electron chi connectivity index (χ3n) is 5.86. The van der Waals surface area contributed by atoms with Crippen LogP contribution < -0.4 is 4.74 Å². The van der Waals surface area contributed by atoms with E-state index in [9.17, 15) is 14.9 Å². The van der Waals surface area contributed by atoms with E-state index in [0.29, 0.717) is 22.6 Å². The fourth-order valence-electron chi connectivity index (χ4n) is 4.01. The molecule has 2 amide bonds. The standard InChI is InChI=1S/C29H18I2N2O3S/c30-24-12-19(13-25(31)27(24)36-17-18-9-10-20-5-1-2-6-21(20)11-18)14-26-28(34)33(29(35)37-26)16-23-8-4-3-7-22(23)15-32/h1-14H,16-17H2/b26-14+. The largest absolute Gasteiger partial charge is 0.487 e. The Morgan fingerprint density at radius 2 is 1.62 bits per heavy atom. The summed E-state index contributed by atoms with van der Waals surface area (Å²) in [6.45, 7) is 0.515. The molecule has 0 spiro atoms. The van der Waals surface area contributed by atoms with Crippen LogP contribution in [0.1, 0.15) is 22.3 Å². The maximum Gasteiger partial charge on any atom is 0.293 e. The van der Waals surface area contributed by atoms with Crippen LogP contribution in [-0.4, -0.2) is 16.0 Å². The van der Waals surface area contributed by atoms with E-state index in [4.69, 9.17) is 4.74 Å². The van der Waals surface area contributed by atoms with Gasteiger partial charge >= 0.3 is 0 Å². The molecule has 4 aromatic rings. The van der Waals surface area contributed by atoms with Gasteiger partial charge in [-0.25, -0.2) is 0 Å². The number of halogens is 2. The number of rotatable bonds is 6. The van der Waals surface area contributed by atoms with Crippen molar-refractivity contribution in [3.05, 3.63) is 113 Å². The molecule has 0 saturated carbocycles. The van der Waals surface area contributed by atoms with Crippen LogP contribution in [0.15, 0.2) is 83.8 Å². The van der Waals surface area contributed by atoms with E-state index in [1.807, 2.05) is 24.3 Å². The Bertz CT molecular complexity index is 1600. The van der Waals surface area contributed by atoms with E-state index in [1.54, 1.807) is 30.3 Å². The molecule has 1 fully saturated rings. The summed E-state index contributed by atoms with van der Waals surface area (Å²) < 4.78 is 8.01. The molecule has 0 aliphatic carbocycles. The SMILES string of the molecule is N#Cc1ccccc1CN1C(=O)S/C(=C/c2cc(I)c(OCc3ccc4ccccc4c3)c(I)c2)C1=O. The molecule has 0 N–H and O–H groups in total. The number of nitrogens with zero attached hydrogens (tertiary/aromatic N) is 2. The van der Waals surface area contributed by atoms with Crippen molar-refractivity contribution < 1.29 is 14.3 Å². The molecule has 5 rings (SSSR count). The molecule has 1 aliphatic rings. The van der Waals surface area contributed by atoms with Crippen molar-refractivity contribution in [1.82, 2.24) is 4.90 Å². The second-order valence-corrected chi connectivity index (χ2v) is 11.6. The highest BCUT2D eigenvalue weighted by atomic mass is 127. The van der Waals surface area contributed by atoms with Crippen molar-refractivity contribution >= 4 is 84.9 Å². The molecule has 0 aromatic heterocycles. The first-order chi connectivity index (χ1) is 17.9. The van der Waals surface area contributed by atoms with E-state index in [2.05, 4.69) is 81.6 Å². The summed E-state index contributed by atoms with van der Waals surface area (Å²) in [4.78, 5) is 27.2. The van der Waals surface area contributed by atoms with Crippen molar-refractivity contribution in [3.8, 4) is 11.8 Å². The summed E-state index contributed by atoms with van der Waals surface area (Å²) in [5.41, 5.74) is 3.00. The maximum absolute atomic E-state index is 13.0. The predicted molar refractivity (Wildman–Crippen MR) is 163 cm³/mol. The van der Waals surface area contributed by atoms with Crippen LogP contribution in [-0.2, 0) is 17.9 Å². The molecular weight excluding hydrogens is 710 g/mol. The highest BCUT2D eigenvalue weighted by molar-refractivity contribution is 14.1. The minimum Gasteiger partial charge on any atom is -0.487 e. The van der Waals surface area contributed by atoms with Gasteiger partial charge in [-0.15, -0.1) is 0 Å². The zero-order valence-corrected chi connectivity index (χ0v) is 24.4. The van der Waals surface area contributed by atoms with Gasteiger partial charge in [0.1, 0.15) is 12.4 Å². The zero-order valence-electron chi connectivity index (χ0n) is 19.3. The lowest BCUT2D eigenvalue weighted by Gasteiger charge is -2.13. The van der Waals surface area contributed by atoms with Crippen molar-refractivity contribution in [2.75, 3.05) is 0 Å². The van der Waals surface area contributed by atoms with Crippen LogP contribution in [0.3, 0.4) is 0 Å². The molecule has 4 aromatic carbocycles. The monoisotopic (exact) mass is 728 g/mol. The lowest BCUT2D eigenvalue weighted by molar-refractivity contribution is -0.123. The number of carbonyl (C=O) groups excluding carboxylic acids is 2. The zero-order chi connectivity index (χ0) is 25.9. The second kappa shape index (κ2) is 11.2. The minimum atomic E-state index is -0.357. The van der Waals surface area contributed by atoms with E-state index in [0.717, 1.165) is 35.8 Å². The van der Waals surface area contributed by atoms with Gasteiger partial charge in [-0.05, 0) is 115 Å². The molecule has 8 heteroatoms. The normalized spacial score (nSPS) is 14.4. The van der Waals surface area contributed by atoms with Gasteiger partial charge in [-0.3, -0.25) is 14.5 Å². The Morgan fingerprint density at radius 1 is 0.919 bits per heavy atom. The Hall–Kier alpha value is -2.88. The molecule has 37 heavy (non-hydrogen) atoms. The number of benzene rings is 4. The number of hydrogen-bond donors (Lipinski definition) is 0. The molecular formula is C29H18I2N2O3S. The van der Waals surface area contributed by atoms with E-state index in [-0.39, 0.29) is 17.7 Å². The van der Waals surface area contributed by atoms with Gasteiger partial charge in [0.05, 0.1) is 30.2 Å². The van der Waals surface area contributed by atoms with Crippen molar-refractivity contribution in [3.63, 3.8) is 0 Å². The number of ether oxygens (including phenoxy) is 1. The van der Waals surface area contributed by atoms with Gasteiger partial charge in [0.25, 0.3) is 11.1 Å². The smallest absolute Gasteiger partial charge is 0.293 e. The average molecular weight is 728 g/mol. The number of hydrogen-bond acceptors (Lipinski definition) is 5. The first-order valence-electron chi connectivity index (χ1n) is 11.3. The average Bonchev–Trinajstić information content (AvgIpc) is 3.15. The maximum atomic E-state index is 13.0. The molecule has 0 unspecified atom stereocenters. The molecule has 182 valence electrons. The van der Waals surface area contributed by atoms with E-state index >= 15 is 0 Å². The summed E-state index contributed by atoms with van der Waals surface area (Å²) >= 11 is 5.38. The molecule has 0 bridgehead atoms. The first kappa shape index (κ1) is 25.8. The number of thioether (sulfide) groups is 1.